The third-order valence-electron chi connectivity index (χ3n) is 5.97. The second-order valence-corrected chi connectivity index (χ2v) is 7.68. The first-order chi connectivity index (χ1) is 13.7. The van der Waals surface area contributed by atoms with Crippen LogP contribution in [0, 0.1) is 13.8 Å². The van der Waals surface area contributed by atoms with Crippen LogP contribution < -0.4 is 0 Å². The minimum Gasteiger partial charge on any atom is -0.354 e. The lowest BCUT2D eigenvalue weighted by atomic mass is 10.1. The summed E-state index contributed by atoms with van der Waals surface area (Å²) in [4.78, 5) is 3.66. The summed E-state index contributed by atoms with van der Waals surface area (Å²) in [5.74, 6) is 0. The minimum atomic E-state index is 1.20. The quantitative estimate of drug-likeness (QED) is 0.325. The van der Waals surface area contributed by atoms with Crippen molar-refractivity contribution in [1.29, 1.82) is 0 Å². The van der Waals surface area contributed by atoms with Gasteiger partial charge in [-0.25, -0.2) is 0 Å². The van der Waals surface area contributed by atoms with Crippen molar-refractivity contribution < 1.29 is 0 Å². The molecule has 0 spiro atoms. The van der Waals surface area contributed by atoms with E-state index in [9.17, 15) is 0 Å². The molecule has 0 aliphatic heterocycles. The number of hydrogen-bond acceptors (Lipinski definition) is 0. The highest BCUT2D eigenvalue weighted by Crippen LogP contribution is 2.38. The number of aromatic amines is 1. The van der Waals surface area contributed by atoms with E-state index in [-0.39, 0.29) is 0 Å². The second kappa shape index (κ2) is 5.49. The van der Waals surface area contributed by atoms with Crippen LogP contribution in [-0.4, -0.2) is 9.55 Å². The normalized spacial score (nSPS) is 11.9. The molecule has 2 nitrogen and oxygen atoms in total. The van der Waals surface area contributed by atoms with Gasteiger partial charge in [0.05, 0.1) is 11.0 Å². The molecule has 6 aromatic rings. The van der Waals surface area contributed by atoms with Crippen molar-refractivity contribution in [2.24, 2.45) is 0 Å². The van der Waals surface area contributed by atoms with E-state index in [0.29, 0.717) is 0 Å². The Bertz CT molecular complexity index is 1510. The molecule has 0 fully saturated rings. The van der Waals surface area contributed by atoms with Crippen LogP contribution in [0.4, 0.5) is 0 Å². The molecular weight excluding hydrogens is 340 g/mol. The molecule has 0 aliphatic rings. The SMILES string of the molecule is Cc1cccc2c1[nH]c1cc3c4cccc(C)c4n(-c4ccccc4)c3cc12. The molecule has 0 amide bonds. The van der Waals surface area contributed by atoms with Crippen LogP contribution in [0.1, 0.15) is 11.1 Å². The maximum absolute atomic E-state index is 3.66. The first-order valence-electron chi connectivity index (χ1n) is 9.72. The molecule has 0 unspecified atom stereocenters. The van der Waals surface area contributed by atoms with Gasteiger partial charge in [0.15, 0.2) is 0 Å². The van der Waals surface area contributed by atoms with Gasteiger partial charge in [-0.1, -0.05) is 54.6 Å². The van der Waals surface area contributed by atoms with Crippen LogP contribution in [0.3, 0.4) is 0 Å². The molecule has 28 heavy (non-hydrogen) atoms. The zero-order valence-corrected chi connectivity index (χ0v) is 16.0. The first kappa shape index (κ1) is 15.5. The van der Waals surface area contributed by atoms with Gasteiger partial charge in [0.25, 0.3) is 0 Å². The Morgan fingerprint density at radius 3 is 2.21 bits per heavy atom. The van der Waals surface area contributed by atoms with Gasteiger partial charge in [0, 0.05) is 38.3 Å². The largest absolute Gasteiger partial charge is 0.354 e. The number of H-pyrrole nitrogens is 1. The zero-order valence-electron chi connectivity index (χ0n) is 16.0. The van der Waals surface area contributed by atoms with Crippen molar-refractivity contribution in [2.75, 3.05) is 0 Å². The Kier molecular flexibility index (Phi) is 3.05. The average molecular weight is 360 g/mol. The smallest absolute Gasteiger partial charge is 0.0570 e. The molecule has 0 bridgehead atoms. The summed E-state index contributed by atoms with van der Waals surface area (Å²) < 4.78 is 2.41. The highest BCUT2D eigenvalue weighted by atomic mass is 15.0. The fourth-order valence-corrected chi connectivity index (χ4v) is 4.65. The van der Waals surface area contributed by atoms with Crippen molar-refractivity contribution in [3.05, 3.63) is 90.0 Å². The van der Waals surface area contributed by atoms with Crippen LogP contribution in [0.2, 0.25) is 0 Å². The Hall–Kier alpha value is -3.52. The molecule has 6 rings (SSSR count). The van der Waals surface area contributed by atoms with E-state index < -0.39 is 0 Å². The summed E-state index contributed by atoms with van der Waals surface area (Å²) in [7, 11) is 0. The lowest BCUT2D eigenvalue weighted by Gasteiger charge is -2.09. The number of nitrogens with one attached hydrogen (secondary N) is 1. The van der Waals surface area contributed by atoms with Crippen LogP contribution in [0.15, 0.2) is 78.9 Å². The summed E-state index contributed by atoms with van der Waals surface area (Å²) in [5, 5.41) is 5.16. The molecule has 4 aromatic carbocycles. The van der Waals surface area contributed by atoms with E-state index in [2.05, 4.69) is 102 Å². The minimum absolute atomic E-state index is 1.20. The summed E-state index contributed by atoms with van der Waals surface area (Å²) in [5.41, 5.74) is 8.75. The summed E-state index contributed by atoms with van der Waals surface area (Å²) in [6.45, 7) is 4.37. The van der Waals surface area contributed by atoms with Crippen molar-refractivity contribution in [3.8, 4) is 5.69 Å². The van der Waals surface area contributed by atoms with Gasteiger partial charge < -0.3 is 9.55 Å². The van der Waals surface area contributed by atoms with Gasteiger partial charge in [0.1, 0.15) is 0 Å². The van der Waals surface area contributed by atoms with Crippen molar-refractivity contribution >= 4 is 43.6 Å². The number of para-hydroxylation sites is 3. The molecule has 1 N–H and O–H groups in total. The fraction of sp³-hybridized carbons (Fsp3) is 0.0769. The Morgan fingerprint density at radius 1 is 0.643 bits per heavy atom. The lowest BCUT2D eigenvalue weighted by molar-refractivity contribution is 1.17. The van der Waals surface area contributed by atoms with Gasteiger partial charge in [-0.3, -0.25) is 0 Å². The van der Waals surface area contributed by atoms with Gasteiger partial charge in [-0.05, 0) is 49.2 Å². The van der Waals surface area contributed by atoms with E-state index in [1.807, 2.05) is 0 Å². The number of rotatable bonds is 1. The predicted octanol–water partition coefficient (Wildman–Crippen LogP) is 7.04. The summed E-state index contributed by atoms with van der Waals surface area (Å²) in [6.07, 6.45) is 0. The molecule has 2 aromatic heterocycles. The van der Waals surface area contributed by atoms with E-state index in [1.165, 1.54) is 60.4 Å². The van der Waals surface area contributed by atoms with Crippen LogP contribution in [0.25, 0.3) is 49.3 Å². The van der Waals surface area contributed by atoms with E-state index >= 15 is 0 Å². The van der Waals surface area contributed by atoms with Crippen LogP contribution in [0.5, 0.6) is 0 Å². The molecule has 2 heterocycles. The molecule has 0 saturated heterocycles. The van der Waals surface area contributed by atoms with Gasteiger partial charge in [-0.15, -0.1) is 0 Å². The topological polar surface area (TPSA) is 20.7 Å². The molecule has 2 heteroatoms. The lowest BCUT2D eigenvalue weighted by Crippen LogP contribution is -1.94. The third-order valence-corrected chi connectivity index (χ3v) is 5.97. The molecule has 0 radical (unpaired) electrons. The first-order valence-corrected chi connectivity index (χ1v) is 9.72. The monoisotopic (exact) mass is 360 g/mol. The van der Waals surface area contributed by atoms with E-state index in [4.69, 9.17) is 0 Å². The number of benzene rings is 4. The summed E-state index contributed by atoms with van der Waals surface area (Å²) in [6, 6.07) is 28.5. The maximum atomic E-state index is 3.66. The molecular formula is C26H20N2. The Balaban J connectivity index is 1.87. The zero-order chi connectivity index (χ0) is 18.8. The van der Waals surface area contributed by atoms with Crippen molar-refractivity contribution in [3.63, 3.8) is 0 Å². The molecule has 0 saturated carbocycles. The van der Waals surface area contributed by atoms with Crippen molar-refractivity contribution in [2.45, 2.75) is 13.8 Å². The van der Waals surface area contributed by atoms with E-state index in [1.54, 1.807) is 0 Å². The number of aromatic nitrogens is 2. The molecule has 0 aliphatic carbocycles. The fourth-order valence-electron chi connectivity index (χ4n) is 4.65. The Morgan fingerprint density at radius 2 is 1.39 bits per heavy atom. The standard InChI is InChI=1S/C26H20N2/c1-16-8-6-12-19-21-15-24-22(14-23(21)27-25(16)19)20-13-7-9-17(2)26(20)28(24)18-10-4-3-5-11-18/h3-15,27H,1-2H3. The highest BCUT2D eigenvalue weighted by molar-refractivity contribution is 6.18. The second-order valence-electron chi connectivity index (χ2n) is 7.68. The Labute approximate surface area is 163 Å². The van der Waals surface area contributed by atoms with E-state index in [0.717, 1.165) is 0 Å². The maximum Gasteiger partial charge on any atom is 0.0570 e. The molecule has 134 valence electrons. The summed E-state index contributed by atoms with van der Waals surface area (Å²) >= 11 is 0. The third kappa shape index (κ3) is 1.97. The van der Waals surface area contributed by atoms with Crippen LogP contribution >= 0.6 is 0 Å². The number of aryl methyl sites for hydroxylation is 2. The van der Waals surface area contributed by atoms with Crippen LogP contribution in [-0.2, 0) is 0 Å². The van der Waals surface area contributed by atoms with Gasteiger partial charge in [0.2, 0.25) is 0 Å². The van der Waals surface area contributed by atoms with Gasteiger partial charge in [-0.2, -0.15) is 0 Å². The predicted molar refractivity (Wildman–Crippen MR) is 120 cm³/mol. The number of fused-ring (bicyclic) bond motifs is 6. The van der Waals surface area contributed by atoms with Gasteiger partial charge >= 0.3 is 0 Å². The van der Waals surface area contributed by atoms with Crippen molar-refractivity contribution in [1.82, 2.24) is 9.55 Å². The number of nitrogens with zero attached hydrogens (tertiary/aromatic N) is 1. The highest BCUT2D eigenvalue weighted by Gasteiger charge is 2.16. The average Bonchev–Trinajstić information content (AvgIpc) is 3.24. The number of hydrogen-bond donors (Lipinski definition) is 1. The molecule has 0 atom stereocenters.